The van der Waals surface area contributed by atoms with Crippen LogP contribution in [0.25, 0.3) is 0 Å². The minimum absolute atomic E-state index is 0.121. The predicted molar refractivity (Wildman–Crippen MR) is 65.6 cm³/mol. The first kappa shape index (κ1) is 12.8. The topological polar surface area (TPSA) is 52.3 Å². The third-order valence-corrected chi connectivity index (χ3v) is 2.81. The summed E-state index contributed by atoms with van der Waals surface area (Å²) in [5.41, 5.74) is 6.42. The molecule has 1 rings (SSSR count). The zero-order valence-electron chi connectivity index (χ0n) is 9.66. The van der Waals surface area contributed by atoms with E-state index < -0.39 is 0 Å². The molecule has 0 saturated heterocycles. The van der Waals surface area contributed by atoms with Crippen LogP contribution >= 0.6 is 11.6 Å². The first-order valence-corrected chi connectivity index (χ1v) is 5.55. The van der Waals surface area contributed by atoms with Gasteiger partial charge in [-0.2, -0.15) is 0 Å². The highest BCUT2D eigenvalue weighted by atomic mass is 35.5. The van der Waals surface area contributed by atoms with Crippen LogP contribution < -0.4 is 5.73 Å². The molecule has 0 bridgehead atoms. The van der Waals surface area contributed by atoms with Crippen LogP contribution in [0.4, 0.5) is 5.69 Å². The van der Waals surface area contributed by atoms with Crippen LogP contribution in [0.2, 0.25) is 5.02 Å². The first-order chi connectivity index (χ1) is 7.41. The number of halogens is 1. The Balaban J connectivity index is 2.77. The number of hydrogen-bond donors (Lipinski definition) is 1. The van der Waals surface area contributed by atoms with Gasteiger partial charge in [0.15, 0.2) is 0 Å². The Hall–Kier alpha value is -1.22. The second-order valence-electron chi connectivity index (χ2n) is 4.09. The lowest BCUT2D eigenvalue weighted by Crippen LogP contribution is -2.20. The van der Waals surface area contributed by atoms with Gasteiger partial charge in [0.2, 0.25) is 0 Å². The second kappa shape index (κ2) is 5.21. The monoisotopic (exact) mass is 241 g/mol. The van der Waals surface area contributed by atoms with E-state index in [1.165, 1.54) is 6.07 Å². The minimum Gasteiger partial charge on any atom is -0.459 e. The molecular weight excluding hydrogens is 226 g/mol. The molecule has 0 radical (unpaired) electrons. The molecule has 0 saturated carbocycles. The minimum atomic E-state index is -0.371. The van der Waals surface area contributed by atoms with Gasteiger partial charge in [-0.05, 0) is 31.0 Å². The molecule has 1 unspecified atom stereocenters. The molecule has 16 heavy (non-hydrogen) atoms. The van der Waals surface area contributed by atoms with E-state index in [1.807, 2.05) is 20.8 Å². The Bertz CT molecular complexity index is 391. The Kier molecular flexibility index (Phi) is 4.19. The summed E-state index contributed by atoms with van der Waals surface area (Å²) in [5, 5.41) is 0.438. The molecule has 0 amide bonds. The molecule has 0 fully saturated rings. The quantitative estimate of drug-likeness (QED) is 0.654. The molecule has 0 spiro atoms. The number of hydrogen-bond acceptors (Lipinski definition) is 3. The van der Waals surface area contributed by atoms with Crippen molar-refractivity contribution in [1.29, 1.82) is 0 Å². The van der Waals surface area contributed by atoms with Gasteiger partial charge in [-0.3, -0.25) is 0 Å². The number of carbonyl (C=O) groups excluding carboxylic acids is 1. The van der Waals surface area contributed by atoms with E-state index >= 15 is 0 Å². The zero-order chi connectivity index (χ0) is 12.3. The van der Waals surface area contributed by atoms with Crippen molar-refractivity contribution in [3.05, 3.63) is 28.8 Å². The molecule has 1 aromatic rings. The fourth-order valence-corrected chi connectivity index (χ4v) is 1.16. The highest BCUT2D eigenvalue weighted by Crippen LogP contribution is 2.20. The molecule has 88 valence electrons. The maximum atomic E-state index is 11.7. The number of rotatable bonds is 3. The number of anilines is 1. The Morgan fingerprint density at radius 3 is 2.50 bits per heavy atom. The zero-order valence-corrected chi connectivity index (χ0v) is 10.4. The number of carbonyl (C=O) groups is 1. The largest absolute Gasteiger partial charge is 0.459 e. The van der Waals surface area contributed by atoms with Crippen LogP contribution in [-0.4, -0.2) is 12.1 Å². The van der Waals surface area contributed by atoms with E-state index in [2.05, 4.69) is 0 Å². The van der Waals surface area contributed by atoms with E-state index in [9.17, 15) is 4.79 Å². The summed E-state index contributed by atoms with van der Waals surface area (Å²) >= 11 is 5.76. The lowest BCUT2D eigenvalue weighted by molar-refractivity contribution is 0.0238. The van der Waals surface area contributed by atoms with Crippen LogP contribution in [0.15, 0.2) is 18.2 Å². The average molecular weight is 242 g/mol. The second-order valence-corrected chi connectivity index (χ2v) is 4.50. The molecule has 0 aliphatic carbocycles. The molecule has 2 N–H and O–H groups in total. The fraction of sp³-hybridized carbons (Fsp3) is 0.417. The van der Waals surface area contributed by atoms with Crippen molar-refractivity contribution < 1.29 is 9.53 Å². The summed E-state index contributed by atoms with van der Waals surface area (Å²) in [6.45, 7) is 5.85. The van der Waals surface area contributed by atoms with Crippen LogP contribution in [0.1, 0.15) is 31.1 Å². The number of nitrogen functional groups attached to an aromatic ring is 1. The van der Waals surface area contributed by atoms with E-state index in [0.29, 0.717) is 16.3 Å². The molecule has 0 heterocycles. The Morgan fingerprint density at radius 2 is 2.00 bits per heavy atom. The highest BCUT2D eigenvalue weighted by Gasteiger charge is 2.15. The van der Waals surface area contributed by atoms with Gasteiger partial charge in [-0.25, -0.2) is 4.79 Å². The molecule has 1 aromatic carbocycles. The van der Waals surface area contributed by atoms with Gasteiger partial charge in [0.05, 0.1) is 16.3 Å². The number of esters is 1. The normalized spacial score (nSPS) is 12.6. The molecule has 4 heteroatoms. The molecule has 0 aliphatic rings. The summed E-state index contributed by atoms with van der Waals surface area (Å²) in [6, 6.07) is 4.72. The summed E-state index contributed by atoms with van der Waals surface area (Å²) in [7, 11) is 0. The van der Waals surface area contributed by atoms with E-state index in [1.54, 1.807) is 12.1 Å². The third kappa shape index (κ3) is 3.14. The molecule has 1 atom stereocenters. The van der Waals surface area contributed by atoms with Gasteiger partial charge in [-0.1, -0.05) is 25.4 Å². The third-order valence-electron chi connectivity index (χ3n) is 2.46. The summed E-state index contributed by atoms with van der Waals surface area (Å²) in [6.07, 6.45) is -0.121. The van der Waals surface area contributed by atoms with Crippen LogP contribution in [0.3, 0.4) is 0 Å². The van der Waals surface area contributed by atoms with Crippen molar-refractivity contribution in [3.8, 4) is 0 Å². The Morgan fingerprint density at radius 1 is 1.38 bits per heavy atom. The summed E-state index contributed by atoms with van der Waals surface area (Å²) in [5.74, 6) is -0.0850. The van der Waals surface area contributed by atoms with Gasteiger partial charge in [0.25, 0.3) is 0 Å². The van der Waals surface area contributed by atoms with Crippen molar-refractivity contribution in [2.24, 2.45) is 5.92 Å². The number of nitrogens with two attached hydrogens (primary N) is 1. The first-order valence-electron chi connectivity index (χ1n) is 5.18. The van der Waals surface area contributed by atoms with Crippen molar-refractivity contribution in [2.45, 2.75) is 26.9 Å². The summed E-state index contributed by atoms with van der Waals surface area (Å²) < 4.78 is 5.26. The van der Waals surface area contributed by atoms with Gasteiger partial charge in [0, 0.05) is 0 Å². The van der Waals surface area contributed by atoms with Gasteiger partial charge in [0.1, 0.15) is 6.10 Å². The number of ether oxygens (including phenoxy) is 1. The Labute approximate surface area is 101 Å². The van der Waals surface area contributed by atoms with Crippen LogP contribution in [-0.2, 0) is 4.74 Å². The average Bonchev–Trinajstić information content (AvgIpc) is 2.21. The molecular formula is C12H16ClNO2. The smallest absolute Gasteiger partial charge is 0.338 e. The predicted octanol–water partition coefficient (Wildman–Crippen LogP) is 3.12. The molecule has 0 aliphatic heterocycles. The SMILES string of the molecule is CC(C)C(C)OC(=O)c1ccc(Cl)c(N)c1. The molecule has 0 aromatic heterocycles. The maximum absolute atomic E-state index is 11.7. The van der Waals surface area contributed by atoms with E-state index in [4.69, 9.17) is 22.1 Å². The standard InChI is InChI=1S/C12H16ClNO2/c1-7(2)8(3)16-12(15)9-4-5-10(13)11(14)6-9/h4-8H,14H2,1-3H3. The van der Waals surface area contributed by atoms with Gasteiger partial charge >= 0.3 is 5.97 Å². The number of benzene rings is 1. The van der Waals surface area contributed by atoms with Crippen molar-refractivity contribution in [1.82, 2.24) is 0 Å². The van der Waals surface area contributed by atoms with Crippen LogP contribution in [0.5, 0.6) is 0 Å². The molecule has 3 nitrogen and oxygen atoms in total. The maximum Gasteiger partial charge on any atom is 0.338 e. The van der Waals surface area contributed by atoms with Crippen molar-refractivity contribution in [3.63, 3.8) is 0 Å². The summed E-state index contributed by atoms with van der Waals surface area (Å²) in [4.78, 5) is 11.7. The van der Waals surface area contributed by atoms with E-state index in [0.717, 1.165) is 0 Å². The van der Waals surface area contributed by atoms with Crippen molar-refractivity contribution in [2.75, 3.05) is 5.73 Å². The highest BCUT2D eigenvalue weighted by molar-refractivity contribution is 6.33. The van der Waals surface area contributed by atoms with Gasteiger partial charge < -0.3 is 10.5 Å². The lowest BCUT2D eigenvalue weighted by Gasteiger charge is -2.16. The lowest BCUT2D eigenvalue weighted by atomic mass is 10.1. The van der Waals surface area contributed by atoms with Gasteiger partial charge in [-0.15, -0.1) is 0 Å². The van der Waals surface area contributed by atoms with Crippen LogP contribution in [0, 0.1) is 5.92 Å². The fourth-order valence-electron chi connectivity index (χ4n) is 1.04. The van der Waals surface area contributed by atoms with Crippen molar-refractivity contribution >= 4 is 23.3 Å². The van der Waals surface area contributed by atoms with E-state index in [-0.39, 0.29) is 18.0 Å².